The highest BCUT2D eigenvalue weighted by molar-refractivity contribution is 5.90. The van der Waals surface area contributed by atoms with E-state index in [1.165, 1.54) is 10.6 Å². The lowest BCUT2D eigenvalue weighted by Gasteiger charge is -2.30. The average Bonchev–Trinajstić information content (AvgIpc) is 2.37. The second-order valence-electron chi connectivity index (χ2n) is 6.59. The van der Waals surface area contributed by atoms with Crippen molar-refractivity contribution in [2.45, 2.75) is 40.0 Å². The van der Waals surface area contributed by atoms with Crippen molar-refractivity contribution >= 4 is 11.6 Å². The third-order valence-electron chi connectivity index (χ3n) is 3.83. The van der Waals surface area contributed by atoms with Crippen molar-refractivity contribution in [2.75, 3.05) is 11.9 Å². The van der Waals surface area contributed by atoms with Crippen LogP contribution in [0.5, 0.6) is 0 Å². The molecule has 21 heavy (non-hydrogen) atoms. The first-order chi connectivity index (χ1) is 9.74. The van der Waals surface area contributed by atoms with Crippen LogP contribution in [0.4, 0.5) is 5.69 Å². The molecule has 0 spiro atoms. The molecule has 0 saturated heterocycles. The van der Waals surface area contributed by atoms with Gasteiger partial charge in [-0.3, -0.25) is 9.59 Å². The fourth-order valence-corrected chi connectivity index (χ4v) is 2.41. The molecule has 1 unspecified atom stereocenters. The summed E-state index contributed by atoms with van der Waals surface area (Å²) in [7, 11) is 1.66. The van der Waals surface area contributed by atoms with Crippen LogP contribution in [0, 0.1) is 11.3 Å². The van der Waals surface area contributed by atoms with E-state index in [1.54, 1.807) is 19.3 Å². The molecule has 0 fully saturated rings. The predicted octanol–water partition coefficient (Wildman–Crippen LogP) is 2.12. The maximum Gasteiger partial charge on any atom is 0.250 e. The molecule has 0 saturated carbocycles. The first-order valence-corrected chi connectivity index (χ1v) is 7.40. The van der Waals surface area contributed by atoms with Gasteiger partial charge in [0.1, 0.15) is 0 Å². The number of anilines is 1. The Morgan fingerprint density at radius 3 is 2.52 bits per heavy atom. The van der Waals surface area contributed by atoms with Crippen molar-refractivity contribution in [2.24, 2.45) is 24.1 Å². The van der Waals surface area contributed by atoms with Crippen molar-refractivity contribution in [1.82, 2.24) is 4.57 Å². The summed E-state index contributed by atoms with van der Waals surface area (Å²) in [5.74, 6) is 0.397. The molecule has 5 nitrogen and oxygen atoms in total. The molecule has 1 rings (SSSR count). The number of aryl methyl sites for hydroxylation is 1. The summed E-state index contributed by atoms with van der Waals surface area (Å²) < 4.78 is 1.45. The molecule has 118 valence electrons. The zero-order valence-electron chi connectivity index (χ0n) is 13.5. The van der Waals surface area contributed by atoms with Gasteiger partial charge in [0, 0.05) is 25.7 Å². The fourth-order valence-electron chi connectivity index (χ4n) is 2.41. The molecule has 0 radical (unpaired) electrons. The zero-order valence-corrected chi connectivity index (χ0v) is 13.5. The maximum absolute atomic E-state index is 12.0. The Morgan fingerprint density at radius 1 is 1.33 bits per heavy atom. The molecule has 1 heterocycles. The van der Waals surface area contributed by atoms with Crippen LogP contribution in [0.2, 0.25) is 0 Å². The van der Waals surface area contributed by atoms with E-state index in [-0.39, 0.29) is 16.9 Å². The van der Waals surface area contributed by atoms with E-state index in [0.717, 1.165) is 12.8 Å². The quantitative estimate of drug-likeness (QED) is 0.843. The van der Waals surface area contributed by atoms with E-state index in [9.17, 15) is 9.59 Å². The molecule has 1 aromatic rings. The topological polar surface area (TPSA) is 77.1 Å². The lowest BCUT2D eigenvalue weighted by atomic mass is 9.76. The third-order valence-corrected chi connectivity index (χ3v) is 3.83. The van der Waals surface area contributed by atoms with Crippen molar-refractivity contribution in [3.63, 3.8) is 0 Å². The van der Waals surface area contributed by atoms with Gasteiger partial charge in [0.2, 0.25) is 11.5 Å². The molecule has 0 aromatic carbocycles. The van der Waals surface area contributed by atoms with Crippen LogP contribution in [0.25, 0.3) is 0 Å². The van der Waals surface area contributed by atoms with E-state index >= 15 is 0 Å². The Hall–Kier alpha value is -1.62. The summed E-state index contributed by atoms with van der Waals surface area (Å²) in [6, 6.07) is 3.07. The summed E-state index contributed by atoms with van der Waals surface area (Å²) in [5, 5.41) is 2.83. The highest BCUT2D eigenvalue weighted by Gasteiger charge is 2.24. The number of hydrogen-bond acceptors (Lipinski definition) is 3. The lowest BCUT2D eigenvalue weighted by Crippen LogP contribution is -2.25. The molecule has 0 aliphatic heterocycles. The Balaban J connectivity index is 2.56. The predicted molar refractivity (Wildman–Crippen MR) is 86.2 cm³/mol. The smallest absolute Gasteiger partial charge is 0.250 e. The number of amides is 1. The standard InChI is InChI=1S/C16H27N3O2/c1-16(2,3)12(9-10-17)5-7-14(20)18-13-6-8-15(21)19(4)11-13/h6,8,11-12H,5,7,9-10,17H2,1-4H3,(H,18,20). The number of hydrogen-bond donors (Lipinski definition) is 2. The van der Waals surface area contributed by atoms with Gasteiger partial charge < -0.3 is 15.6 Å². The minimum absolute atomic E-state index is 0.0279. The summed E-state index contributed by atoms with van der Waals surface area (Å²) in [5.41, 5.74) is 6.36. The summed E-state index contributed by atoms with van der Waals surface area (Å²) in [4.78, 5) is 23.3. The molecule has 0 aliphatic carbocycles. The van der Waals surface area contributed by atoms with E-state index in [2.05, 4.69) is 26.1 Å². The van der Waals surface area contributed by atoms with Crippen LogP contribution >= 0.6 is 0 Å². The van der Waals surface area contributed by atoms with Crippen molar-refractivity contribution in [1.29, 1.82) is 0 Å². The Bertz CT molecular complexity index is 529. The molecule has 1 aromatic heterocycles. The zero-order chi connectivity index (χ0) is 16.0. The van der Waals surface area contributed by atoms with Crippen molar-refractivity contribution in [3.05, 3.63) is 28.7 Å². The highest BCUT2D eigenvalue weighted by atomic mass is 16.1. The number of rotatable bonds is 6. The number of pyridine rings is 1. The Kier molecular flexibility index (Phi) is 6.15. The van der Waals surface area contributed by atoms with E-state index < -0.39 is 0 Å². The largest absolute Gasteiger partial charge is 0.330 e. The van der Waals surface area contributed by atoms with Crippen LogP contribution in [-0.4, -0.2) is 17.0 Å². The van der Waals surface area contributed by atoms with Crippen molar-refractivity contribution < 1.29 is 4.79 Å². The second-order valence-corrected chi connectivity index (χ2v) is 6.59. The van der Waals surface area contributed by atoms with E-state index in [4.69, 9.17) is 5.73 Å². The van der Waals surface area contributed by atoms with Gasteiger partial charge in [-0.1, -0.05) is 20.8 Å². The lowest BCUT2D eigenvalue weighted by molar-refractivity contribution is -0.116. The number of nitrogens with zero attached hydrogens (tertiary/aromatic N) is 1. The minimum atomic E-state index is -0.0938. The van der Waals surface area contributed by atoms with Crippen LogP contribution in [0.3, 0.4) is 0 Å². The van der Waals surface area contributed by atoms with Crippen LogP contribution < -0.4 is 16.6 Å². The SMILES string of the molecule is Cn1cc(NC(=O)CCC(CCN)C(C)(C)C)ccc1=O. The average molecular weight is 293 g/mol. The summed E-state index contributed by atoms with van der Waals surface area (Å²) in [6.45, 7) is 7.18. The molecule has 1 atom stereocenters. The van der Waals surface area contributed by atoms with Gasteiger partial charge in [-0.15, -0.1) is 0 Å². The highest BCUT2D eigenvalue weighted by Crippen LogP contribution is 2.32. The second kappa shape index (κ2) is 7.41. The van der Waals surface area contributed by atoms with Crippen molar-refractivity contribution in [3.8, 4) is 0 Å². The fraction of sp³-hybridized carbons (Fsp3) is 0.625. The first-order valence-electron chi connectivity index (χ1n) is 7.40. The summed E-state index contributed by atoms with van der Waals surface area (Å²) in [6.07, 6.45) is 3.83. The molecule has 0 bridgehead atoms. The molecular weight excluding hydrogens is 266 g/mol. The molecule has 5 heteroatoms. The normalized spacial score (nSPS) is 13.0. The van der Waals surface area contributed by atoms with Gasteiger partial charge in [-0.25, -0.2) is 0 Å². The van der Waals surface area contributed by atoms with Gasteiger partial charge in [0.15, 0.2) is 0 Å². The molecular formula is C16H27N3O2. The maximum atomic E-state index is 12.0. The number of aromatic nitrogens is 1. The van der Waals surface area contributed by atoms with E-state index in [0.29, 0.717) is 24.6 Å². The van der Waals surface area contributed by atoms with E-state index in [1.807, 2.05) is 0 Å². The van der Waals surface area contributed by atoms with Gasteiger partial charge in [0.05, 0.1) is 5.69 Å². The Morgan fingerprint density at radius 2 is 2.00 bits per heavy atom. The van der Waals surface area contributed by atoms with Crippen LogP contribution in [0.1, 0.15) is 40.0 Å². The number of carbonyl (C=O) groups excluding carboxylic acids is 1. The monoisotopic (exact) mass is 293 g/mol. The number of nitrogens with two attached hydrogens (primary N) is 1. The number of carbonyl (C=O) groups is 1. The minimum Gasteiger partial charge on any atom is -0.330 e. The first kappa shape index (κ1) is 17.4. The number of nitrogens with one attached hydrogen (secondary N) is 1. The Labute approximate surface area is 126 Å². The summed E-state index contributed by atoms with van der Waals surface area (Å²) >= 11 is 0. The van der Waals surface area contributed by atoms with Gasteiger partial charge >= 0.3 is 0 Å². The van der Waals surface area contributed by atoms with Crippen LogP contribution in [0.15, 0.2) is 23.1 Å². The molecule has 0 aliphatic rings. The van der Waals surface area contributed by atoms with Gasteiger partial charge in [-0.05, 0) is 36.8 Å². The van der Waals surface area contributed by atoms with Crippen LogP contribution in [-0.2, 0) is 11.8 Å². The molecule has 1 amide bonds. The molecule has 3 N–H and O–H groups in total. The van der Waals surface area contributed by atoms with Gasteiger partial charge in [0.25, 0.3) is 0 Å². The van der Waals surface area contributed by atoms with Gasteiger partial charge in [-0.2, -0.15) is 0 Å². The third kappa shape index (κ3) is 5.71.